The Bertz CT molecular complexity index is 452. The Morgan fingerprint density at radius 3 is 1.75 bits per heavy atom. The minimum atomic E-state index is -2.44. The average Bonchev–Trinajstić information content (AvgIpc) is 2.47. The molecule has 0 fully saturated rings. The van der Waals surface area contributed by atoms with Crippen molar-refractivity contribution in [1.82, 2.24) is 0 Å². The molecule has 138 valence electrons. The Morgan fingerprint density at radius 1 is 1.08 bits per heavy atom. The summed E-state index contributed by atoms with van der Waals surface area (Å²) in [6, 6.07) is 0. The molecule has 0 radical (unpaired) electrons. The summed E-state index contributed by atoms with van der Waals surface area (Å²) >= 11 is 0. The van der Waals surface area contributed by atoms with E-state index >= 15 is 0 Å². The molecule has 0 aromatic rings. The fraction of sp³-hybridized carbons (Fsp3) is 0.667. The molecule has 0 rings (SSSR count). The highest BCUT2D eigenvalue weighted by molar-refractivity contribution is 5.88. The number of aliphatic hydroxyl groups is 2. The number of esters is 2. The Hall–Kier alpha value is -1.66. The molecule has 6 nitrogen and oxygen atoms in total. The van der Waals surface area contributed by atoms with Crippen LogP contribution in [0.15, 0.2) is 24.3 Å². The Labute approximate surface area is 144 Å². The second-order valence-corrected chi connectivity index (χ2v) is 6.50. The largest absolute Gasteiger partial charge is 0.396 e. The lowest BCUT2D eigenvalue weighted by atomic mass is 9.84. The van der Waals surface area contributed by atoms with Crippen LogP contribution in [0.1, 0.15) is 47.5 Å². The van der Waals surface area contributed by atoms with Gasteiger partial charge in [0.25, 0.3) is 0 Å². The molecule has 0 aromatic carbocycles. The summed E-state index contributed by atoms with van der Waals surface area (Å²) in [4.78, 5) is 23.7. The maximum absolute atomic E-state index is 11.9. The lowest BCUT2D eigenvalue weighted by molar-refractivity contribution is -0.350. The highest BCUT2D eigenvalue weighted by Gasteiger charge is 2.45. The van der Waals surface area contributed by atoms with Gasteiger partial charge in [-0.2, -0.15) is 0 Å². The molecule has 0 heterocycles. The monoisotopic (exact) mass is 342 g/mol. The maximum atomic E-state index is 11.9. The summed E-state index contributed by atoms with van der Waals surface area (Å²) in [5.74, 6) is -4.88. The molecule has 2 N–H and O–H groups in total. The van der Waals surface area contributed by atoms with E-state index in [0.29, 0.717) is 12.8 Å². The molecule has 0 amide bonds. The van der Waals surface area contributed by atoms with Gasteiger partial charge in [-0.15, -0.1) is 0 Å². The van der Waals surface area contributed by atoms with Crippen LogP contribution in [0.2, 0.25) is 0 Å². The van der Waals surface area contributed by atoms with E-state index in [4.69, 9.17) is 9.47 Å². The van der Waals surface area contributed by atoms with E-state index in [-0.39, 0.29) is 29.6 Å². The average molecular weight is 342 g/mol. The van der Waals surface area contributed by atoms with Crippen LogP contribution in [-0.4, -0.2) is 34.7 Å². The van der Waals surface area contributed by atoms with Crippen molar-refractivity contribution in [2.45, 2.75) is 53.4 Å². The normalized spacial score (nSPS) is 14.0. The van der Waals surface area contributed by atoms with Gasteiger partial charge < -0.3 is 19.7 Å². The molecule has 0 aliphatic heterocycles. The second-order valence-electron chi connectivity index (χ2n) is 6.50. The van der Waals surface area contributed by atoms with Gasteiger partial charge in [0.2, 0.25) is 0 Å². The zero-order chi connectivity index (χ0) is 19.1. The van der Waals surface area contributed by atoms with Crippen LogP contribution in [0.4, 0.5) is 0 Å². The number of hydrogen-bond acceptors (Lipinski definition) is 6. The van der Waals surface area contributed by atoms with Crippen LogP contribution < -0.4 is 0 Å². The number of aliphatic hydroxyl groups excluding tert-OH is 1. The standard InChI is InChI=1S/C18H30O6/c1-8-15(9-14(10-19)11(2)3)18(22,23-16(20)12(4)5)24-17(21)13(6)7/h11,14-15,19,22H,4,6,8-10H2,1-3,5,7H3. The SMILES string of the molecule is C=C(C)C(=O)OC(O)(OC(=O)C(=C)C)C(CC)CC(CO)C(C)C. The third-order valence-corrected chi connectivity index (χ3v) is 3.95. The van der Waals surface area contributed by atoms with E-state index in [9.17, 15) is 19.8 Å². The maximum Gasteiger partial charge on any atom is 0.376 e. The van der Waals surface area contributed by atoms with Crippen molar-refractivity contribution >= 4 is 11.9 Å². The summed E-state index contributed by atoms with van der Waals surface area (Å²) in [7, 11) is 0. The fourth-order valence-corrected chi connectivity index (χ4v) is 2.12. The van der Waals surface area contributed by atoms with Crippen molar-refractivity contribution in [3.63, 3.8) is 0 Å². The van der Waals surface area contributed by atoms with Gasteiger partial charge in [0, 0.05) is 17.8 Å². The summed E-state index contributed by atoms with van der Waals surface area (Å²) in [6.45, 7) is 15.3. The molecule has 0 aliphatic carbocycles. The summed E-state index contributed by atoms with van der Waals surface area (Å²) in [5.41, 5.74) is 0.134. The van der Waals surface area contributed by atoms with Gasteiger partial charge in [-0.3, -0.25) is 0 Å². The first-order valence-electron chi connectivity index (χ1n) is 8.09. The molecule has 0 aromatic heterocycles. The van der Waals surface area contributed by atoms with Crippen molar-refractivity contribution in [1.29, 1.82) is 0 Å². The molecule has 0 bridgehead atoms. The molecule has 0 saturated carbocycles. The number of hydrogen-bond donors (Lipinski definition) is 2. The van der Waals surface area contributed by atoms with E-state index in [2.05, 4.69) is 13.2 Å². The first-order valence-corrected chi connectivity index (χ1v) is 8.09. The Kier molecular flexibility index (Phi) is 8.93. The fourth-order valence-electron chi connectivity index (χ4n) is 2.12. The molecule has 24 heavy (non-hydrogen) atoms. The first-order chi connectivity index (χ1) is 11.0. The molecule has 0 aliphatic rings. The smallest absolute Gasteiger partial charge is 0.376 e. The highest BCUT2D eigenvalue weighted by Crippen LogP contribution is 2.33. The van der Waals surface area contributed by atoms with Gasteiger partial charge in [-0.25, -0.2) is 9.59 Å². The predicted molar refractivity (Wildman–Crippen MR) is 90.6 cm³/mol. The van der Waals surface area contributed by atoms with Crippen LogP contribution >= 0.6 is 0 Å². The zero-order valence-electron chi connectivity index (χ0n) is 15.3. The highest BCUT2D eigenvalue weighted by atomic mass is 16.8. The van der Waals surface area contributed by atoms with Gasteiger partial charge in [-0.05, 0) is 38.5 Å². The summed E-state index contributed by atoms with van der Waals surface area (Å²) in [5, 5.41) is 20.3. The quantitative estimate of drug-likeness (QED) is 0.360. The van der Waals surface area contributed by atoms with Crippen molar-refractivity contribution in [2.75, 3.05) is 6.61 Å². The third-order valence-electron chi connectivity index (χ3n) is 3.95. The Morgan fingerprint density at radius 2 is 1.50 bits per heavy atom. The van der Waals surface area contributed by atoms with E-state index in [1.165, 1.54) is 13.8 Å². The van der Waals surface area contributed by atoms with E-state index < -0.39 is 23.8 Å². The van der Waals surface area contributed by atoms with Crippen molar-refractivity contribution in [2.24, 2.45) is 17.8 Å². The first kappa shape index (κ1) is 22.3. The van der Waals surface area contributed by atoms with E-state index in [1.54, 1.807) is 6.92 Å². The van der Waals surface area contributed by atoms with E-state index in [1.807, 2.05) is 13.8 Å². The molecule has 0 saturated heterocycles. The molecule has 2 atom stereocenters. The van der Waals surface area contributed by atoms with Crippen molar-refractivity contribution in [3.05, 3.63) is 24.3 Å². The number of rotatable bonds is 10. The summed E-state index contributed by atoms with van der Waals surface area (Å²) in [6.07, 6.45) is 0.681. The lowest BCUT2D eigenvalue weighted by Crippen LogP contribution is -2.48. The molecular formula is C18H30O6. The van der Waals surface area contributed by atoms with Gasteiger partial charge in [0.1, 0.15) is 0 Å². The van der Waals surface area contributed by atoms with Gasteiger partial charge in [0.15, 0.2) is 0 Å². The number of ether oxygens (including phenoxy) is 2. The van der Waals surface area contributed by atoms with E-state index in [0.717, 1.165) is 0 Å². The molecule has 6 heteroatoms. The topological polar surface area (TPSA) is 93.1 Å². The second kappa shape index (κ2) is 9.59. The molecular weight excluding hydrogens is 312 g/mol. The minimum Gasteiger partial charge on any atom is -0.396 e. The number of carbonyl (C=O) groups is 2. The van der Waals surface area contributed by atoms with Gasteiger partial charge in [0.05, 0.1) is 5.92 Å². The number of carbonyl (C=O) groups excluding carboxylic acids is 2. The van der Waals surface area contributed by atoms with Gasteiger partial charge in [-0.1, -0.05) is 33.9 Å². The van der Waals surface area contributed by atoms with Crippen LogP contribution in [0, 0.1) is 17.8 Å². The van der Waals surface area contributed by atoms with Crippen molar-refractivity contribution < 1.29 is 29.3 Å². The lowest BCUT2D eigenvalue weighted by Gasteiger charge is -2.35. The van der Waals surface area contributed by atoms with Crippen LogP contribution in [-0.2, 0) is 19.1 Å². The van der Waals surface area contributed by atoms with Crippen LogP contribution in [0.25, 0.3) is 0 Å². The van der Waals surface area contributed by atoms with Crippen LogP contribution in [0.3, 0.4) is 0 Å². The van der Waals surface area contributed by atoms with Crippen molar-refractivity contribution in [3.8, 4) is 0 Å². The minimum absolute atomic E-state index is 0.0669. The Balaban J connectivity index is 5.59. The summed E-state index contributed by atoms with van der Waals surface area (Å²) < 4.78 is 10.1. The third kappa shape index (κ3) is 6.45. The molecule has 2 unspecified atom stereocenters. The van der Waals surface area contributed by atoms with Gasteiger partial charge >= 0.3 is 17.9 Å². The zero-order valence-corrected chi connectivity index (χ0v) is 15.3. The van der Waals surface area contributed by atoms with Crippen LogP contribution in [0.5, 0.6) is 0 Å². The predicted octanol–water partition coefficient (Wildman–Crippen LogP) is 2.55. The molecule has 0 spiro atoms.